The third-order valence-corrected chi connectivity index (χ3v) is 4.35. The van der Waals surface area contributed by atoms with Crippen LogP contribution in [0.2, 0.25) is 0 Å². The predicted octanol–water partition coefficient (Wildman–Crippen LogP) is 4.60. The number of ether oxygens (including phenoxy) is 4. The fraction of sp³-hybridized carbons (Fsp3) is 0.571. The SMILES string of the molecule is CCOC(=O)C(Cc1cc(OC(=O)OC(C)(C)C)ccc1I)NC(=O)OC(C)(C)C. The third kappa shape index (κ3) is 10.1. The molecule has 0 bridgehead atoms. The number of esters is 1. The van der Waals surface area contributed by atoms with Crippen molar-refractivity contribution in [2.45, 2.75) is 72.1 Å². The third-order valence-electron chi connectivity index (χ3n) is 3.29. The van der Waals surface area contributed by atoms with Gasteiger partial charge < -0.3 is 24.3 Å². The predicted molar refractivity (Wildman–Crippen MR) is 120 cm³/mol. The van der Waals surface area contributed by atoms with E-state index in [1.54, 1.807) is 66.7 Å². The quantitative estimate of drug-likeness (QED) is 0.246. The molecule has 0 heterocycles. The van der Waals surface area contributed by atoms with Gasteiger partial charge in [0.15, 0.2) is 0 Å². The highest BCUT2D eigenvalue weighted by atomic mass is 127. The van der Waals surface area contributed by atoms with Gasteiger partial charge in [0, 0.05) is 9.99 Å². The molecule has 30 heavy (non-hydrogen) atoms. The molecule has 1 atom stereocenters. The lowest BCUT2D eigenvalue weighted by molar-refractivity contribution is -0.145. The summed E-state index contributed by atoms with van der Waals surface area (Å²) in [6.07, 6.45) is -1.43. The lowest BCUT2D eigenvalue weighted by Gasteiger charge is -2.23. The number of alkyl carbamates (subject to hydrolysis) is 1. The zero-order valence-electron chi connectivity index (χ0n) is 18.5. The number of rotatable bonds is 6. The van der Waals surface area contributed by atoms with Crippen LogP contribution in [0.3, 0.4) is 0 Å². The number of nitrogens with one attached hydrogen (secondary N) is 1. The number of carbonyl (C=O) groups excluding carboxylic acids is 3. The number of amides is 1. The second kappa shape index (κ2) is 10.8. The van der Waals surface area contributed by atoms with Crippen molar-refractivity contribution >= 4 is 40.8 Å². The lowest BCUT2D eigenvalue weighted by atomic mass is 10.1. The fourth-order valence-electron chi connectivity index (χ4n) is 2.24. The molecule has 0 saturated carbocycles. The Morgan fingerprint density at radius 3 is 2.17 bits per heavy atom. The highest BCUT2D eigenvalue weighted by molar-refractivity contribution is 14.1. The molecule has 0 aliphatic heterocycles. The molecule has 168 valence electrons. The molecular weight excluding hydrogens is 505 g/mol. The highest BCUT2D eigenvalue weighted by Gasteiger charge is 2.27. The van der Waals surface area contributed by atoms with Crippen molar-refractivity contribution in [2.24, 2.45) is 0 Å². The van der Waals surface area contributed by atoms with Gasteiger partial charge in [-0.05, 0) is 94.8 Å². The van der Waals surface area contributed by atoms with Gasteiger partial charge in [-0.25, -0.2) is 14.4 Å². The Balaban J connectivity index is 3.00. The first-order chi connectivity index (χ1) is 13.7. The first kappa shape index (κ1) is 26.0. The number of halogens is 1. The molecule has 8 nitrogen and oxygen atoms in total. The van der Waals surface area contributed by atoms with Crippen molar-refractivity contribution in [1.29, 1.82) is 0 Å². The van der Waals surface area contributed by atoms with Crippen LogP contribution in [0.15, 0.2) is 18.2 Å². The number of benzene rings is 1. The molecule has 0 radical (unpaired) electrons. The van der Waals surface area contributed by atoms with Crippen LogP contribution < -0.4 is 10.1 Å². The molecule has 1 unspecified atom stereocenters. The van der Waals surface area contributed by atoms with Gasteiger partial charge in [0.1, 0.15) is 23.0 Å². The maximum absolute atomic E-state index is 12.4. The van der Waals surface area contributed by atoms with Crippen molar-refractivity contribution in [1.82, 2.24) is 5.32 Å². The van der Waals surface area contributed by atoms with Gasteiger partial charge in [-0.2, -0.15) is 0 Å². The van der Waals surface area contributed by atoms with Crippen molar-refractivity contribution < 1.29 is 33.3 Å². The molecule has 0 fully saturated rings. The summed E-state index contributed by atoms with van der Waals surface area (Å²) in [5.74, 6) is -0.322. The first-order valence-electron chi connectivity index (χ1n) is 9.55. The molecule has 0 aliphatic carbocycles. The second-order valence-electron chi connectivity index (χ2n) is 8.47. The van der Waals surface area contributed by atoms with Crippen LogP contribution in [-0.2, 0) is 25.4 Å². The summed E-state index contributed by atoms with van der Waals surface area (Å²) in [4.78, 5) is 36.5. The fourth-order valence-corrected chi connectivity index (χ4v) is 2.80. The zero-order valence-corrected chi connectivity index (χ0v) is 20.6. The topological polar surface area (TPSA) is 100 Å². The minimum absolute atomic E-state index is 0.127. The van der Waals surface area contributed by atoms with Gasteiger partial charge in [-0.3, -0.25) is 0 Å². The van der Waals surface area contributed by atoms with Crippen LogP contribution in [0.1, 0.15) is 54.0 Å². The van der Waals surface area contributed by atoms with E-state index in [0.29, 0.717) is 5.56 Å². The normalized spacial score (nSPS) is 12.5. The van der Waals surface area contributed by atoms with E-state index in [1.165, 1.54) is 0 Å². The molecule has 1 aromatic carbocycles. The van der Waals surface area contributed by atoms with Crippen molar-refractivity contribution in [3.8, 4) is 5.75 Å². The Hall–Kier alpha value is -2.04. The van der Waals surface area contributed by atoms with Crippen molar-refractivity contribution in [3.05, 3.63) is 27.3 Å². The van der Waals surface area contributed by atoms with Crippen LogP contribution in [0.4, 0.5) is 9.59 Å². The number of hydrogen-bond donors (Lipinski definition) is 1. The van der Waals surface area contributed by atoms with Crippen LogP contribution >= 0.6 is 22.6 Å². The van der Waals surface area contributed by atoms with Crippen molar-refractivity contribution in [3.63, 3.8) is 0 Å². The zero-order chi connectivity index (χ0) is 23.1. The van der Waals surface area contributed by atoms with E-state index in [1.807, 2.05) is 0 Å². The van der Waals surface area contributed by atoms with E-state index in [2.05, 4.69) is 27.9 Å². The molecule has 1 N–H and O–H groups in total. The summed E-state index contributed by atoms with van der Waals surface area (Å²) in [6, 6.07) is 4.01. The monoisotopic (exact) mass is 535 g/mol. The van der Waals surface area contributed by atoms with Crippen LogP contribution in [-0.4, -0.2) is 42.1 Å². The Morgan fingerprint density at radius 2 is 1.63 bits per heavy atom. The van der Waals surface area contributed by atoms with Crippen LogP contribution in [0.5, 0.6) is 5.75 Å². The summed E-state index contributed by atoms with van der Waals surface area (Å²) < 4.78 is 21.5. The van der Waals surface area contributed by atoms with Crippen LogP contribution in [0.25, 0.3) is 0 Å². The summed E-state index contributed by atoms with van der Waals surface area (Å²) in [7, 11) is 0. The number of carbonyl (C=O) groups is 3. The average Bonchev–Trinajstić information content (AvgIpc) is 2.53. The highest BCUT2D eigenvalue weighted by Crippen LogP contribution is 2.23. The minimum atomic E-state index is -0.968. The molecule has 0 aliphatic rings. The summed E-state index contributed by atoms with van der Waals surface area (Å²) in [6.45, 7) is 12.2. The average molecular weight is 535 g/mol. The van der Waals surface area contributed by atoms with Gasteiger partial charge in [0.05, 0.1) is 6.61 Å². The maximum Gasteiger partial charge on any atom is 0.514 e. The number of hydrogen-bond acceptors (Lipinski definition) is 7. The van der Waals surface area contributed by atoms with Gasteiger partial charge in [0.25, 0.3) is 0 Å². The Morgan fingerprint density at radius 1 is 1.03 bits per heavy atom. The van der Waals surface area contributed by atoms with Crippen molar-refractivity contribution in [2.75, 3.05) is 6.61 Å². The molecule has 0 aromatic heterocycles. The first-order valence-corrected chi connectivity index (χ1v) is 10.6. The maximum atomic E-state index is 12.4. The summed E-state index contributed by atoms with van der Waals surface area (Å²) in [5.41, 5.74) is -0.709. The second-order valence-corrected chi connectivity index (χ2v) is 9.64. The van der Waals surface area contributed by atoms with Gasteiger partial charge >= 0.3 is 18.2 Å². The van der Waals surface area contributed by atoms with E-state index in [0.717, 1.165) is 3.57 Å². The smallest absolute Gasteiger partial charge is 0.464 e. The Bertz CT molecular complexity index is 766. The largest absolute Gasteiger partial charge is 0.514 e. The standard InChI is InChI=1S/C21H30INO7/c1-8-27-17(24)16(23-18(25)29-20(2,3)4)12-13-11-14(9-10-15(13)22)28-19(26)30-21(5,6)7/h9-11,16H,8,12H2,1-7H3,(H,23,25). The molecule has 0 spiro atoms. The van der Waals surface area contributed by atoms with E-state index in [9.17, 15) is 14.4 Å². The van der Waals surface area contributed by atoms with E-state index in [4.69, 9.17) is 18.9 Å². The van der Waals surface area contributed by atoms with Gasteiger partial charge in [-0.1, -0.05) is 0 Å². The van der Waals surface area contributed by atoms with E-state index in [-0.39, 0.29) is 18.8 Å². The molecule has 1 amide bonds. The van der Waals surface area contributed by atoms with E-state index < -0.39 is 35.5 Å². The molecule has 1 aromatic rings. The Labute approximate surface area is 191 Å². The molecule has 0 saturated heterocycles. The van der Waals surface area contributed by atoms with E-state index >= 15 is 0 Å². The van der Waals surface area contributed by atoms with Gasteiger partial charge in [-0.15, -0.1) is 0 Å². The molecule has 1 rings (SSSR count). The van der Waals surface area contributed by atoms with Gasteiger partial charge in [0.2, 0.25) is 0 Å². The molecule has 9 heteroatoms. The summed E-state index contributed by atoms with van der Waals surface area (Å²) in [5, 5.41) is 2.55. The van der Waals surface area contributed by atoms with Crippen LogP contribution in [0, 0.1) is 3.57 Å². The lowest BCUT2D eigenvalue weighted by Crippen LogP contribution is -2.45. The molecular formula is C21H30INO7. The Kier molecular flexibility index (Phi) is 9.38. The summed E-state index contributed by atoms with van der Waals surface area (Å²) >= 11 is 2.10. The minimum Gasteiger partial charge on any atom is -0.464 e.